The Morgan fingerprint density at radius 3 is 2.57 bits per heavy atom. The van der Waals surface area contributed by atoms with Crippen LogP contribution in [0.15, 0.2) is 12.1 Å². The summed E-state index contributed by atoms with van der Waals surface area (Å²) < 4.78 is 0. The molecule has 0 heterocycles. The number of carboxylic acids is 1. The van der Waals surface area contributed by atoms with Gasteiger partial charge >= 0.3 is 5.97 Å². The van der Waals surface area contributed by atoms with Crippen molar-refractivity contribution in [1.29, 1.82) is 0 Å². The molecular formula is C14H19ClN2O4. The van der Waals surface area contributed by atoms with Crippen LogP contribution in [0, 0.1) is 17.0 Å². The average molecular weight is 315 g/mol. The number of nitro groups is 1. The Hall–Kier alpha value is -1.82. The van der Waals surface area contributed by atoms with E-state index in [4.69, 9.17) is 16.7 Å². The summed E-state index contributed by atoms with van der Waals surface area (Å²) in [5, 5.41) is 19.7. The fourth-order valence-electron chi connectivity index (χ4n) is 2.16. The van der Waals surface area contributed by atoms with E-state index in [1.807, 2.05) is 18.7 Å². The molecule has 6 nitrogen and oxygen atoms in total. The van der Waals surface area contributed by atoms with Gasteiger partial charge in [-0.3, -0.25) is 14.9 Å². The maximum absolute atomic E-state index is 10.9. The summed E-state index contributed by atoms with van der Waals surface area (Å²) in [4.78, 5) is 23.0. The minimum absolute atomic E-state index is 0.0863. The van der Waals surface area contributed by atoms with Gasteiger partial charge in [0, 0.05) is 30.8 Å². The first-order valence-electron chi connectivity index (χ1n) is 6.67. The SMILES string of the molecule is Cc1cc([N+](=O)[O-])c(Cl)cc1N(CCCC(=O)O)C(C)C. The van der Waals surface area contributed by atoms with E-state index in [1.165, 1.54) is 6.07 Å². The van der Waals surface area contributed by atoms with Crippen LogP contribution in [0.4, 0.5) is 11.4 Å². The Morgan fingerprint density at radius 1 is 1.48 bits per heavy atom. The van der Waals surface area contributed by atoms with E-state index >= 15 is 0 Å². The molecule has 0 saturated carbocycles. The van der Waals surface area contributed by atoms with Crippen molar-refractivity contribution in [2.75, 3.05) is 11.4 Å². The second-order valence-corrected chi connectivity index (χ2v) is 5.54. The second-order valence-electron chi connectivity index (χ2n) is 5.13. The van der Waals surface area contributed by atoms with Crippen molar-refractivity contribution in [1.82, 2.24) is 0 Å². The van der Waals surface area contributed by atoms with Gasteiger partial charge in [0.2, 0.25) is 0 Å². The van der Waals surface area contributed by atoms with Crippen LogP contribution in [-0.2, 0) is 4.79 Å². The molecular weight excluding hydrogens is 296 g/mol. The highest BCUT2D eigenvalue weighted by molar-refractivity contribution is 6.33. The number of nitro benzene ring substituents is 1. The minimum Gasteiger partial charge on any atom is -0.481 e. The van der Waals surface area contributed by atoms with Gasteiger partial charge in [0.05, 0.1) is 4.92 Å². The molecule has 0 fully saturated rings. The highest BCUT2D eigenvalue weighted by Gasteiger charge is 2.19. The van der Waals surface area contributed by atoms with Crippen molar-refractivity contribution in [3.05, 3.63) is 32.8 Å². The van der Waals surface area contributed by atoms with Crippen molar-refractivity contribution in [3.8, 4) is 0 Å². The molecule has 1 aromatic carbocycles. The summed E-state index contributed by atoms with van der Waals surface area (Å²) in [5.74, 6) is -0.836. The third-order valence-electron chi connectivity index (χ3n) is 3.18. The lowest BCUT2D eigenvalue weighted by Gasteiger charge is -2.30. The second kappa shape index (κ2) is 7.26. The van der Waals surface area contributed by atoms with Crippen LogP contribution in [-0.4, -0.2) is 28.6 Å². The Labute approximate surface area is 128 Å². The maximum atomic E-state index is 10.9. The zero-order valence-corrected chi connectivity index (χ0v) is 13.1. The molecule has 1 N–H and O–H groups in total. The Morgan fingerprint density at radius 2 is 2.10 bits per heavy atom. The molecule has 21 heavy (non-hydrogen) atoms. The molecule has 0 aliphatic heterocycles. The predicted molar refractivity (Wildman–Crippen MR) is 82.2 cm³/mol. The number of carboxylic acid groups (broad SMARTS) is 1. The lowest BCUT2D eigenvalue weighted by atomic mass is 10.1. The van der Waals surface area contributed by atoms with E-state index in [-0.39, 0.29) is 23.2 Å². The standard InChI is InChI=1S/C14H19ClN2O4/c1-9(2)16(6-4-5-14(18)19)12-8-11(15)13(17(20)21)7-10(12)3/h7-9H,4-6H2,1-3H3,(H,18,19). The smallest absolute Gasteiger partial charge is 0.303 e. The minimum atomic E-state index is -0.836. The van der Waals surface area contributed by atoms with Crippen molar-refractivity contribution in [3.63, 3.8) is 0 Å². The third kappa shape index (κ3) is 4.60. The van der Waals surface area contributed by atoms with Crippen molar-refractivity contribution >= 4 is 28.9 Å². The fraction of sp³-hybridized carbons (Fsp3) is 0.500. The number of hydrogen-bond acceptors (Lipinski definition) is 4. The van der Waals surface area contributed by atoms with Crippen LogP contribution in [0.2, 0.25) is 5.02 Å². The van der Waals surface area contributed by atoms with Crippen LogP contribution in [0.1, 0.15) is 32.3 Å². The van der Waals surface area contributed by atoms with Crippen LogP contribution < -0.4 is 4.90 Å². The summed E-state index contributed by atoms with van der Waals surface area (Å²) in [7, 11) is 0. The molecule has 1 aromatic rings. The number of hydrogen-bond donors (Lipinski definition) is 1. The predicted octanol–water partition coefficient (Wildman–Crippen LogP) is 3.64. The molecule has 7 heteroatoms. The zero-order valence-electron chi connectivity index (χ0n) is 12.3. The van der Waals surface area contributed by atoms with E-state index in [9.17, 15) is 14.9 Å². The highest BCUT2D eigenvalue weighted by Crippen LogP contribution is 2.33. The average Bonchev–Trinajstić information content (AvgIpc) is 2.36. The van der Waals surface area contributed by atoms with Gasteiger partial charge < -0.3 is 10.0 Å². The number of carbonyl (C=O) groups is 1. The first kappa shape index (κ1) is 17.2. The molecule has 0 amide bonds. The molecule has 0 unspecified atom stereocenters. The first-order valence-corrected chi connectivity index (χ1v) is 7.04. The number of halogens is 1. The van der Waals surface area contributed by atoms with E-state index in [1.54, 1.807) is 13.0 Å². The maximum Gasteiger partial charge on any atom is 0.303 e. The van der Waals surface area contributed by atoms with E-state index < -0.39 is 10.9 Å². The van der Waals surface area contributed by atoms with Gasteiger partial charge in [0.25, 0.3) is 5.69 Å². The molecule has 0 radical (unpaired) electrons. The summed E-state index contributed by atoms with van der Waals surface area (Å²) in [6.45, 7) is 6.30. The summed E-state index contributed by atoms with van der Waals surface area (Å²) >= 11 is 5.97. The van der Waals surface area contributed by atoms with Gasteiger partial charge in [0.15, 0.2) is 0 Å². The van der Waals surface area contributed by atoms with Gasteiger partial charge in [-0.25, -0.2) is 0 Å². The van der Waals surface area contributed by atoms with Crippen LogP contribution in [0.25, 0.3) is 0 Å². The van der Waals surface area contributed by atoms with Crippen molar-refractivity contribution < 1.29 is 14.8 Å². The van der Waals surface area contributed by atoms with Gasteiger partial charge in [0.1, 0.15) is 5.02 Å². The number of rotatable bonds is 7. The lowest BCUT2D eigenvalue weighted by Crippen LogP contribution is -2.32. The van der Waals surface area contributed by atoms with E-state index in [2.05, 4.69) is 0 Å². The molecule has 0 aromatic heterocycles. The fourth-order valence-corrected chi connectivity index (χ4v) is 2.39. The molecule has 0 spiro atoms. The lowest BCUT2D eigenvalue weighted by molar-refractivity contribution is -0.384. The Bertz CT molecular complexity index is 546. The van der Waals surface area contributed by atoms with Gasteiger partial charge in [-0.05, 0) is 38.8 Å². The van der Waals surface area contributed by atoms with Crippen molar-refractivity contribution in [2.45, 2.75) is 39.7 Å². The molecule has 0 atom stereocenters. The summed E-state index contributed by atoms with van der Waals surface area (Å²) in [6.07, 6.45) is 0.588. The Balaban J connectivity index is 3.05. The molecule has 0 aliphatic carbocycles. The number of anilines is 1. The zero-order chi connectivity index (χ0) is 16.2. The Kier molecular flexibility index (Phi) is 5.96. The van der Waals surface area contributed by atoms with Crippen LogP contribution in [0.3, 0.4) is 0 Å². The number of aliphatic carboxylic acids is 1. The quantitative estimate of drug-likeness (QED) is 0.613. The largest absolute Gasteiger partial charge is 0.481 e. The number of aryl methyl sites for hydroxylation is 1. The molecule has 0 bridgehead atoms. The first-order chi connectivity index (χ1) is 9.73. The third-order valence-corrected chi connectivity index (χ3v) is 3.49. The molecule has 1 rings (SSSR count). The topological polar surface area (TPSA) is 83.7 Å². The van der Waals surface area contributed by atoms with Crippen LogP contribution in [0.5, 0.6) is 0 Å². The van der Waals surface area contributed by atoms with Crippen LogP contribution >= 0.6 is 11.6 Å². The number of benzene rings is 1. The molecule has 0 aliphatic rings. The monoisotopic (exact) mass is 314 g/mol. The normalized spacial score (nSPS) is 10.7. The molecule has 0 saturated heterocycles. The van der Waals surface area contributed by atoms with Gasteiger partial charge in [-0.15, -0.1) is 0 Å². The van der Waals surface area contributed by atoms with E-state index in [0.29, 0.717) is 13.0 Å². The summed E-state index contributed by atoms with van der Waals surface area (Å²) in [5.41, 5.74) is 1.42. The summed E-state index contributed by atoms with van der Waals surface area (Å²) in [6, 6.07) is 3.16. The highest BCUT2D eigenvalue weighted by atomic mass is 35.5. The molecule has 116 valence electrons. The number of nitrogens with zero attached hydrogens (tertiary/aromatic N) is 2. The van der Waals surface area contributed by atoms with Gasteiger partial charge in [-0.1, -0.05) is 11.6 Å². The van der Waals surface area contributed by atoms with Gasteiger partial charge in [-0.2, -0.15) is 0 Å². The van der Waals surface area contributed by atoms with Crippen molar-refractivity contribution in [2.24, 2.45) is 0 Å². The van der Waals surface area contributed by atoms with E-state index in [0.717, 1.165) is 11.3 Å².